The normalized spacial score (nSPS) is 15.7. The molecule has 0 spiro atoms. The molecular formula is C15H21N5OS2. The number of rotatable bonds is 6. The van der Waals surface area contributed by atoms with Crippen LogP contribution in [0.15, 0.2) is 22.7 Å². The maximum absolute atomic E-state index is 12.0. The lowest BCUT2D eigenvalue weighted by Gasteiger charge is -2.21. The summed E-state index contributed by atoms with van der Waals surface area (Å²) in [5.74, 6) is 7.63. The smallest absolute Gasteiger partial charge is 0.230 e. The van der Waals surface area contributed by atoms with Crippen LogP contribution in [0.3, 0.4) is 0 Å². The number of nitrogen functional groups attached to an aromatic ring is 1. The van der Waals surface area contributed by atoms with Gasteiger partial charge in [-0.05, 0) is 30.2 Å². The summed E-state index contributed by atoms with van der Waals surface area (Å²) in [5.41, 5.74) is 0. The number of nitrogens with zero attached hydrogens (tertiary/aromatic N) is 3. The Labute approximate surface area is 143 Å². The minimum atomic E-state index is 0.0289. The summed E-state index contributed by atoms with van der Waals surface area (Å²) in [4.78, 5) is 12.9. The second-order valence-electron chi connectivity index (χ2n) is 5.75. The van der Waals surface area contributed by atoms with Crippen molar-refractivity contribution >= 4 is 29.0 Å². The van der Waals surface area contributed by atoms with Gasteiger partial charge in [-0.15, -0.1) is 21.5 Å². The second-order valence-corrected chi connectivity index (χ2v) is 7.64. The Hall–Kier alpha value is -1.54. The quantitative estimate of drug-likeness (QED) is 0.617. The third-order valence-corrected chi connectivity index (χ3v) is 5.86. The van der Waals surface area contributed by atoms with Crippen molar-refractivity contribution in [3.63, 3.8) is 0 Å². The van der Waals surface area contributed by atoms with Crippen molar-refractivity contribution in [1.29, 1.82) is 0 Å². The number of thioether (sulfide) groups is 1. The van der Waals surface area contributed by atoms with Gasteiger partial charge in [0.2, 0.25) is 11.1 Å². The lowest BCUT2D eigenvalue weighted by atomic mass is 9.89. The molecule has 0 saturated heterocycles. The highest BCUT2D eigenvalue weighted by Gasteiger charge is 2.16. The highest BCUT2D eigenvalue weighted by molar-refractivity contribution is 7.99. The molecule has 3 rings (SSSR count). The van der Waals surface area contributed by atoms with Gasteiger partial charge in [0.25, 0.3) is 0 Å². The minimum Gasteiger partial charge on any atom is -0.355 e. The number of thiophene rings is 1. The Bertz CT molecular complexity index is 634. The molecule has 1 fully saturated rings. The first kappa shape index (κ1) is 16.3. The van der Waals surface area contributed by atoms with Crippen molar-refractivity contribution in [2.75, 3.05) is 18.1 Å². The summed E-state index contributed by atoms with van der Waals surface area (Å²) in [6.07, 6.45) is 6.37. The first-order valence-electron chi connectivity index (χ1n) is 7.88. The summed E-state index contributed by atoms with van der Waals surface area (Å²) in [5, 5.41) is 13.7. The first-order chi connectivity index (χ1) is 11.2. The zero-order chi connectivity index (χ0) is 16.1. The van der Waals surface area contributed by atoms with Crippen LogP contribution in [-0.4, -0.2) is 33.1 Å². The summed E-state index contributed by atoms with van der Waals surface area (Å²) in [6, 6.07) is 3.89. The number of carbonyl (C=O) groups excluding carboxylic acids is 1. The zero-order valence-corrected chi connectivity index (χ0v) is 14.5. The van der Waals surface area contributed by atoms with Crippen LogP contribution in [0, 0.1) is 5.92 Å². The van der Waals surface area contributed by atoms with E-state index in [4.69, 9.17) is 5.84 Å². The molecule has 1 aliphatic carbocycles. The minimum absolute atomic E-state index is 0.0289. The maximum atomic E-state index is 12.0. The SMILES string of the molecule is Nn1c(SCC(=O)NCC2CCCCC2)nnc1-c1cccs1. The Morgan fingerprint density at radius 3 is 2.96 bits per heavy atom. The van der Waals surface area contributed by atoms with E-state index in [2.05, 4.69) is 15.5 Å². The van der Waals surface area contributed by atoms with Gasteiger partial charge in [0.05, 0.1) is 10.6 Å². The molecule has 2 aromatic heterocycles. The average Bonchev–Trinajstić information content (AvgIpc) is 3.22. The van der Waals surface area contributed by atoms with Crippen LogP contribution in [-0.2, 0) is 4.79 Å². The van der Waals surface area contributed by atoms with Crippen LogP contribution < -0.4 is 11.2 Å². The molecule has 1 aliphatic rings. The van der Waals surface area contributed by atoms with Crippen LogP contribution in [0.4, 0.5) is 0 Å². The van der Waals surface area contributed by atoms with E-state index in [1.165, 1.54) is 48.5 Å². The molecule has 0 aromatic carbocycles. The van der Waals surface area contributed by atoms with Gasteiger partial charge in [-0.25, -0.2) is 4.68 Å². The number of amides is 1. The summed E-state index contributed by atoms with van der Waals surface area (Å²) in [6.45, 7) is 0.787. The molecule has 0 radical (unpaired) electrons. The summed E-state index contributed by atoms with van der Waals surface area (Å²) >= 11 is 2.88. The molecule has 0 bridgehead atoms. The number of aromatic nitrogens is 3. The second kappa shape index (κ2) is 7.83. The highest BCUT2D eigenvalue weighted by atomic mass is 32.2. The number of carbonyl (C=O) groups is 1. The largest absolute Gasteiger partial charge is 0.355 e. The standard InChI is InChI=1S/C15H21N5OS2/c16-20-14(12-7-4-8-22-12)18-19-15(20)23-10-13(21)17-9-11-5-2-1-3-6-11/h4,7-8,11H,1-3,5-6,9-10,16H2,(H,17,21). The molecule has 0 unspecified atom stereocenters. The average molecular weight is 352 g/mol. The molecular weight excluding hydrogens is 330 g/mol. The van der Waals surface area contributed by atoms with Crippen molar-refractivity contribution in [2.24, 2.45) is 5.92 Å². The molecule has 0 atom stereocenters. The predicted octanol–water partition coefficient (Wildman–Crippen LogP) is 2.51. The van der Waals surface area contributed by atoms with Gasteiger partial charge >= 0.3 is 0 Å². The van der Waals surface area contributed by atoms with Gasteiger partial charge in [-0.1, -0.05) is 37.1 Å². The van der Waals surface area contributed by atoms with E-state index >= 15 is 0 Å². The fourth-order valence-corrected chi connectivity index (χ4v) is 4.17. The van der Waals surface area contributed by atoms with Crippen molar-refractivity contribution in [3.8, 4) is 10.7 Å². The monoisotopic (exact) mass is 351 g/mol. The van der Waals surface area contributed by atoms with E-state index in [0.29, 0.717) is 22.7 Å². The van der Waals surface area contributed by atoms with Crippen molar-refractivity contribution in [1.82, 2.24) is 20.2 Å². The van der Waals surface area contributed by atoms with Gasteiger partial charge in [0.1, 0.15) is 0 Å². The third kappa shape index (κ3) is 4.26. The number of nitrogens with two attached hydrogens (primary N) is 1. The van der Waals surface area contributed by atoms with E-state index in [1.54, 1.807) is 11.3 Å². The molecule has 0 aliphatic heterocycles. The highest BCUT2D eigenvalue weighted by Crippen LogP contribution is 2.25. The van der Waals surface area contributed by atoms with Gasteiger partial charge < -0.3 is 11.2 Å². The molecule has 124 valence electrons. The molecule has 3 N–H and O–H groups in total. The van der Waals surface area contributed by atoms with Crippen LogP contribution in [0.25, 0.3) is 10.7 Å². The lowest BCUT2D eigenvalue weighted by Crippen LogP contribution is -2.31. The van der Waals surface area contributed by atoms with Gasteiger partial charge in [-0.3, -0.25) is 4.79 Å². The van der Waals surface area contributed by atoms with E-state index in [0.717, 1.165) is 11.4 Å². The van der Waals surface area contributed by atoms with E-state index in [9.17, 15) is 4.79 Å². The van der Waals surface area contributed by atoms with Gasteiger partial charge in [0.15, 0.2) is 5.82 Å². The molecule has 8 heteroatoms. The molecule has 23 heavy (non-hydrogen) atoms. The molecule has 2 aromatic rings. The van der Waals surface area contributed by atoms with Crippen molar-refractivity contribution in [2.45, 2.75) is 37.3 Å². The fraction of sp³-hybridized carbons (Fsp3) is 0.533. The van der Waals surface area contributed by atoms with Crippen molar-refractivity contribution < 1.29 is 4.79 Å². The van der Waals surface area contributed by atoms with E-state index in [-0.39, 0.29) is 5.91 Å². The van der Waals surface area contributed by atoms with Crippen molar-refractivity contribution in [3.05, 3.63) is 17.5 Å². The maximum Gasteiger partial charge on any atom is 0.230 e. The molecule has 1 amide bonds. The number of hydrogen-bond acceptors (Lipinski definition) is 6. The third-order valence-electron chi connectivity index (χ3n) is 4.05. The molecule has 6 nitrogen and oxygen atoms in total. The molecule has 1 saturated carbocycles. The summed E-state index contributed by atoms with van der Waals surface area (Å²) in [7, 11) is 0. The zero-order valence-electron chi connectivity index (χ0n) is 12.9. The Morgan fingerprint density at radius 2 is 2.22 bits per heavy atom. The van der Waals surface area contributed by atoms with Gasteiger partial charge in [-0.2, -0.15) is 0 Å². The summed E-state index contributed by atoms with van der Waals surface area (Å²) < 4.78 is 1.45. The fourth-order valence-electron chi connectivity index (χ4n) is 2.78. The van der Waals surface area contributed by atoms with Crippen LogP contribution >= 0.6 is 23.1 Å². The number of nitrogens with one attached hydrogen (secondary N) is 1. The Morgan fingerprint density at radius 1 is 1.39 bits per heavy atom. The van der Waals surface area contributed by atoms with E-state index in [1.807, 2.05) is 17.5 Å². The van der Waals surface area contributed by atoms with E-state index < -0.39 is 0 Å². The Balaban J connectivity index is 1.47. The van der Waals surface area contributed by atoms with Crippen LogP contribution in [0.2, 0.25) is 0 Å². The van der Waals surface area contributed by atoms with Gasteiger partial charge in [0, 0.05) is 6.54 Å². The molecule has 2 heterocycles. The Kier molecular flexibility index (Phi) is 5.56. The number of hydrogen-bond donors (Lipinski definition) is 2. The lowest BCUT2D eigenvalue weighted by molar-refractivity contribution is -0.118. The van der Waals surface area contributed by atoms with Crippen LogP contribution in [0.5, 0.6) is 0 Å². The predicted molar refractivity (Wildman–Crippen MR) is 93.8 cm³/mol. The first-order valence-corrected chi connectivity index (χ1v) is 9.74. The topological polar surface area (TPSA) is 85.8 Å². The van der Waals surface area contributed by atoms with Crippen LogP contribution in [0.1, 0.15) is 32.1 Å².